The average Bonchev–Trinajstić information content (AvgIpc) is 2.96. The van der Waals surface area contributed by atoms with Crippen LogP contribution in [0.15, 0.2) is 67.0 Å². The normalized spacial score (nSPS) is 10.8. The molecule has 4 aromatic rings. The highest BCUT2D eigenvalue weighted by molar-refractivity contribution is 5.81. The molecule has 0 radical (unpaired) electrons. The Morgan fingerprint density at radius 1 is 1.08 bits per heavy atom. The molecule has 0 aliphatic rings. The van der Waals surface area contributed by atoms with Crippen LogP contribution < -0.4 is 15.8 Å². The average molecular weight is 331 g/mol. The number of rotatable bonds is 4. The summed E-state index contributed by atoms with van der Waals surface area (Å²) in [5.41, 5.74) is 8.43. The third kappa shape index (κ3) is 3.23. The van der Waals surface area contributed by atoms with Gasteiger partial charge in [-0.05, 0) is 42.5 Å². The van der Waals surface area contributed by atoms with E-state index in [0.717, 1.165) is 22.3 Å². The Kier molecular flexibility index (Phi) is 3.70. The Bertz CT molecular complexity index is 1040. The van der Waals surface area contributed by atoms with Crippen LogP contribution >= 0.6 is 0 Å². The molecule has 2 heterocycles. The van der Waals surface area contributed by atoms with Crippen LogP contribution in [0.5, 0.6) is 11.6 Å². The number of ether oxygens (including phenoxy) is 1. The molecule has 3 N–H and O–H groups in total. The highest BCUT2D eigenvalue weighted by atomic mass is 16.5. The van der Waals surface area contributed by atoms with Gasteiger partial charge in [0.05, 0.1) is 0 Å². The van der Waals surface area contributed by atoms with Crippen molar-refractivity contribution in [2.75, 3.05) is 11.1 Å². The van der Waals surface area contributed by atoms with Crippen LogP contribution in [0.2, 0.25) is 0 Å². The molecule has 124 valence electrons. The number of hydrogen-bond donors (Lipinski definition) is 2. The second kappa shape index (κ2) is 6.16. The smallest absolute Gasteiger partial charge is 0.230 e. The summed E-state index contributed by atoms with van der Waals surface area (Å²) in [5.74, 6) is 1.65. The van der Waals surface area contributed by atoms with E-state index in [4.69, 9.17) is 10.5 Å². The fraction of sp³-hybridized carbons (Fsp3) is 0.0526. The molecule has 6 heteroatoms. The lowest BCUT2D eigenvalue weighted by Gasteiger charge is -2.08. The van der Waals surface area contributed by atoms with Crippen LogP contribution in [0.25, 0.3) is 10.9 Å². The maximum absolute atomic E-state index is 5.87. The van der Waals surface area contributed by atoms with Gasteiger partial charge >= 0.3 is 0 Å². The van der Waals surface area contributed by atoms with Gasteiger partial charge in [0.1, 0.15) is 5.75 Å². The Hall–Kier alpha value is -3.54. The van der Waals surface area contributed by atoms with E-state index in [0.29, 0.717) is 17.5 Å². The van der Waals surface area contributed by atoms with Crippen molar-refractivity contribution in [1.29, 1.82) is 0 Å². The van der Waals surface area contributed by atoms with Gasteiger partial charge in [-0.25, -0.2) is 4.98 Å². The lowest BCUT2D eigenvalue weighted by atomic mass is 10.2. The molecule has 0 aliphatic carbocycles. The zero-order chi connectivity index (χ0) is 17.2. The van der Waals surface area contributed by atoms with Gasteiger partial charge in [0.2, 0.25) is 11.8 Å². The molecule has 0 spiro atoms. The minimum atomic E-state index is 0.448. The molecule has 0 amide bonds. The first-order chi connectivity index (χ1) is 12.2. The lowest BCUT2D eigenvalue weighted by Crippen LogP contribution is -1.98. The first-order valence-corrected chi connectivity index (χ1v) is 7.86. The van der Waals surface area contributed by atoms with Crippen molar-refractivity contribution in [1.82, 2.24) is 14.5 Å². The molecule has 25 heavy (non-hydrogen) atoms. The van der Waals surface area contributed by atoms with Gasteiger partial charge in [-0.15, -0.1) is 0 Å². The summed E-state index contributed by atoms with van der Waals surface area (Å²) in [5, 5.41) is 4.24. The Morgan fingerprint density at radius 2 is 2.00 bits per heavy atom. The number of aromatic nitrogens is 3. The molecule has 4 rings (SSSR count). The van der Waals surface area contributed by atoms with Crippen molar-refractivity contribution in [3.05, 3.63) is 67.0 Å². The molecular formula is C19H17N5O. The number of fused-ring (bicyclic) bond motifs is 1. The second-order valence-electron chi connectivity index (χ2n) is 5.72. The molecule has 0 bridgehead atoms. The van der Waals surface area contributed by atoms with Gasteiger partial charge in [-0.2, -0.15) is 4.98 Å². The molecule has 0 fully saturated rings. The molecule has 2 aromatic heterocycles. The first kappa shape index (κ1) is 15.0. The minimum Gasteiger partial charge on any atom is -0.439 e. The number of benzene rings is 2. The summed E-state index contributed by atoms with van der Waals surface area (Å²) >= 11 is 0. The van der Waals surface area contributed by atoms with E-state index in [1.54, 1.807) is 12.3 Å². The van der Waals surface area contributed by atoms with E-state index < -0.39 is 0 Å². The summed E-state index contributed by atoms with van der Waals surface area (Å²) in [6.45, 7) is 0. The van der Waals surface area contributed by atoms with Crippen molar-refractivity contribution < 1.29 is 4.74 Å². The Balaban J connectivity index is 1.56. The first-order valence-electron chi connectivity index (χ1n) is 7.86. The predicted molar refractivity (Wildman–Crippen MR) is 99.2 cm³/mol. The quantitative estimate of drug-likeness (QED) is 0.551. The highest BCUT2D eigenvalue weighted by Crippen LogP contribution is 2.26. The fourth-order valence-corrected chi connectivity index (χ4v) is 2.65. The van der Waals surface area contributed by atoms with Crippen LogP contribution in [-0.4, -0.2) is 14.5 Å². The van der Waals surface area contributed by atoms with E-state index in [2.05, 4.69) is 25.9 Å². The van der Waals surface area contributed by atoms with Gasteiger partial charge in [0.25, 0.3) is 0 Å². The monoisotopic (exact) mass is 331 g/mol. The number of nitrogen functional groups attached to an aromatic ring is 1. The second-order valence-corrected chi connectivity index (χ2v) is 5.72. The van der Waals surface area contributed by atoms with Gasteiger partial charge in [0, 0.05) is 47.8 Å². The summed E-state index contributed by atoms with van der Waals surface area (Å²) < 4.78 is 7.94. The molecule has 0 unspecified atom stereocenters. The third-order valence-electron chi connectivity index (χ3n) is 3.85. The van der Waals surface area contributed by atoms with Gasteiger partial charge < -0.3 is 20.4 Å². The van der Waals surface area contributed by atoms with E-state index in [1.807, 2.05) is 55.7 Å². The topological polar surface area (TPSA) is 78.0 Å². The van der Waals surface area contributed by atoms with Crippen LogP contribution in [-0.2, 0) is 7.05 Å². The zero-order valence-corrected chi connectivity index (χ0v) is 13.7. The highest BCUT2D eigenvalue weighted by Gasteiger charge is 2.05. The molecule has 0 aliphatic heterocycles. The maximum atomic E-state index is 5.87. The molecule has 0 saturated carbocycles. The summed E-state index contributed by atoms with van der Waals surface area (Å²) in [6.07, 6.45) is 3.67. The maximum Gasteiger partial charge on any atom is 0.230 e. The molecule has 0 saturated heterocycles. The number of aryl methyl sites for hydroxylation is 1. The third-order valence-corrected chi connectivity index (χ3v) is 3.85. The zero-order valence-electron chi connectivity index (χ0n) is 13.7. The number of nitrogens with two attached hydrogens (primary N) is 1. The SMILES string of the molecule is Cn1ccc2cc(Oc3ccnc(Nc4cccc(N)c4)n3)ccc21. The number of anilines is 3. The van der Waals surface area contributed by atoms with Gasteiger partial charge in [-0.1, -0.05) is 6.07 Å². The summed E-state index contributed by atoms with van der Waals surface area (Å²) in [6, 6.07) is 17.1. The van der Waals surface area contributed by atoms with E-state index >= 15 is 0 Å². The lowest BCUT2D eigenvalue weighted by molar-refractivity contribution is 0.463. The Labute approximate surface area is 144 Å². The Morgan fingerprint density at radius 3 is 2.88 bits per heavy atom. The number of nitrogens with zero attached hydrogens (tertiary/aromatic N) is 3. The molecular weight excluding hydrogens is 314 g/mol. The van der Waals surface area contributed by atoms with Gasteiger partial charge in [-0.3, -0.25) is 0 Å². The van der Waals surface area contributed by atoms with E-state index in [1.165, 1.54) is 0 Å². The standard InChI is InChI=1S/C19H17N5O/c1-24-10-8-13-11-16(5-6-17(13)24)25-18-7-9-21-19(23-18)22-15-4-2-3-14(20)12-15/h2-12H,20H2,1H3,(H,21,22,23). The van der Waals surface area contributed by atoms with Crippen molar-refractivity contribution in [2.45, 2.75) is 0 Å². The van der Waals surface area contributed by atoms with Crippen molar-refractivity contribution in [3.63, 3.8) is 0 Å². The minimum absolute atomic E-state index is 0.448. The fourth-order valence-electron chi connectivity index (χ4n) is 2.65. The van der Waals surface area contributed by atoms with Crippen LogP contribution in [0.3, 0.4) is 0 Å². The number of hydrogen-bond acceptors (Lipinski definition) is 5. The molecule has 6 nitrogen and oxygen atoms in total. The van der Waals surface area contributed by atoms with E-state index in [9.17, 15) is 0 Å². The van der Waals surface area contributed by atoms with Crippen LogP contribution in [0, 0.1) is 0 Å². The largest absolute Gasteiger partial charge is 0.439 e. The molecule has 2 aromatic carbocycles. The van der Waals surface area contributed by atoms with Crippen molar-refractivity contribution in [2.24, 2.45) is 7.05 Å². The summed E-state index contributed by atoms with van der Waals surface area (Å²) in [4.78, 5) is 8.60. The van der Waals surface area contributed by atoms with E-state index in [-0.39, 0.29) is 0 Å². The van der Waals surface area contributed by atoms with Crippen molar-refractivity contribution >= 4 is 28.2 Å². The van der Waals surface area contributed by atoms with Gasteiger partial charge in [0.15, 0.2) is 0 Å². The van der Waals surface area contributed by atoms with Crippen molar-refractivity contribution in [3.8, 4) is 11.6 Å². The molecule has 0 atom stereocenters. The van der Waals surface area contributed by atoms with Crippen LogP contribution in [0.4, 0.5) is 17.3 Å². The summed E-state index contributed by atoms with van der Waals surface area (Å²) in [7, 11) is 2.02. The number of nitrogens with one attached hydrogen (secondary N) is 1. The van der Waals surface area contributed by atoms with Crippen LogP contribution in [0.1, 0.15) is 0 Å². The predicted octanol–water partition coefficient (Wildman–Crippen LogP) is 4.09.